The first-order chi connectivity index (χ1) is 11.2. The lowest BCUT2D eigenvalue weighted by Crippen LogP contribution is -2.23. The average Bonchev–Trinajstić information content (AvgIpc) is 2.49. The summed E-state index contributed by atoms with van der Waals surface area (Å²) >= 11 is 0. The van der Waals surface area contributed by atoms with E-state index in [4.69, 9.17) is 0 Å². The minimum Gasteiger partial charge on any atom is -0.508 e. The number of hydrogen-bond acceptors (Lipinski definition) is 3. The molecular weight excluding hydrogens is 321 g/mol. The number of phenolic OH excluding ortho intramolecular Hbond substituents is 2. The summed E-state index contributed by atoms with van der Waals surface area (Å²) in [5, 5.41) is 20.0. The van der Waals surface area contributed by atoms with Gasteiger partial charge in [-0.15, -0.1) is 0 Å². The van der Waals surface area contributed by atoms with E-state index in [0.29, 0.717) is 6.42 Å². The fourth-order valence-corrected chi connectivity index (χ4v) is 2.79. The van der Waals surface area contributed by atoms with Crippen molar-refractivity contribution in [1.29, 1.82) is 0 Å². The molecule has 136 valence electrons. The van der Waals surface area contributed by atoms with E-state index in [1.54, 1.807) is 6.92 Å². The minimum atomic E-state index is -5.06. The summed E-state index contributed by atoms with van der Waals surface area (Å²) in [7, 11) is 0. The number of Topliss-reactive ketones (excluding diaryl/α,β-unsaturated/α-hetero) is 1. The number of alkyl halides is 3. The summed E-state index contributed by atoms with van der Waals surface area (Å²) in [5.41, 5.74) is -0.802. The Morgan fingerprint density at radius 3 is 2.25 bits per heavy atom. The van der Waals surface area contributed by atoms with E-state index in [-0.39, 0.29) is 17.2 Å². The Hall–Kier alpha value is -1.72. The van der Waals surface area contributed by atoms with Crippen molar-refractivity contribution in [1.82, 2.24) is 0 Å². The van der Waals surface area contributed by atoms with E-state index >= 15 is 0 Å². The Morgan fingerprint density at radius 1 is 1.08 bits per heavy atom. The van der Waals surface area contributed by atoms with Gasteiger partial charge in [0, 0.05) is 5.56 Å². The highest BCUT2D eigenvalue weighted by molar-refractivity contribution is 6.03. The first kappa shape index (κ1) is 20.3. The highest BCUT2D eigenvalue weighted by Crippen LogP contribution is 2.40. The Bertz CT molecular complexity index is 553. The van der Waals surface area contributed by atoms with Crippen molar-refractivity contribution >= 4 is 5.78 Å². The molecule has 0 aliphatic heterocycles. The lowest BCUT2D eigenvalue weighted by Gasteiger charge is -2.17. The smallest absolute Gasteiger partial charge is 0.455 e. The number of hydrogen-bond donors (Lipinski definition) is 2. The number of rotatable bonds is 9. The molecule has 24 heavy (non-hydrogen) atoms. The van der Waals surface area contributed by atoms with Crippen LogP contribution in [0.5, 0.6) is 11.5 Å². The fourth-order valence-electron chi connectivity index (χ4n) is 2.79. The van der Waals surface area contributed by atoms with Gasteiger partial charge in [0.05, 0.1) is 5.56 Å². The number of phenols is 2. The molecule has 2 N–H and O–H groups in total. The van der Waals surface area contributed by atoms with E-state index in [1.807, 2.05) is 0 Å². The molecular formula is C18H25F3O3. The van der Waals surface area contributed by atoms with Crippen LogP contribution >= 0.6 is 0 Å². The van der Waals surface area contributed by atoms with Crippen molar-refractivity contribution in [2.24, 2.45) is 0 Å². The van der Waals surface area contributed by atoms with Crippen LogP contribution in [0.3, 0.4) is 0 Å². The molecule has 0 bridgehead atoms. The highest BCUT2D eigenvalue weighted by atomic mass is 19.4. The first-order valence-electron chi connectivity index (χ1n) is 8.36. The molecule has 0 amide bonds. The molecule has 0 saturated carbocycles. The zero-order valence-electron chi connectivity index (χ0n) is 14.1. The maximum absolute atomic E-state index is 12.6. The molecule has 1 unspecified atom stereocenters. The zero-order valence-corrected chi connectivity index (χ0v) is 14.1. The molecule has 1 aromatic rings. The van der Waals surface area contributed by atoms with Crippen LogP contribution in [-0.2, 0) is 0 Å². The van der Waals surface area contributed by atoms with E-state index in [0.717, 1.165) is 44.2 Å². The van der Waals surface area contributed by atoms with Crippen molar-refractivity contribution in [2.75, 3.05) is 0 Å². The lowest BCUT2D eigenvalue weighted by atomic mass is 9.90. The molecule has 1 aromatic carbocycles. The van der Waals surface area contributed by atoms with Crippen molar-refractivity contribution in [3.8, 4) is 11.5 Å². The number of unbranched alkanes of at least 4 members (excludes halogenated alkanes) is 5. The quantitative estimate of drug-likeness (QED) is 0.445. The van der Waals surface area contributed by atoms with Crippen LogP contribution in [0.1, 0.15) is 80.6 Å². The topological polar surface area (TPSA) is 57.5 Å². The van der Waals surface area contributed by atoms with Gasteiger partial charge in [-0.2, -0.15) is 13.2 Å². The number of carbonyl (C=O) groups excluding carboxylic acids is 1. The zero-order chi connectivity index (χ0) is 18.3. The molecule has 0 heterocycles. The van der Waals surface area contributed by atoms with Crippen LogP contribution in [-0.4, -0.2) is 22.2 Å². The van der Waals surface area contributed by atoms with Gasteiger partial charge in [-0.3, -0.25) is 4.79 Å². The number of ketones is 1. The van der Waals surface area contributed by atoms with E-state index < -0.39 is 23.3 Å². The lowest BCUT2D eigenvalue weighted by molar-refractivity contribution is -0.0886. The highest BCUT2D eigenvalue weighted by Gasteiger charge is 2.41. The van der Waals surface area contributed by atoms with Gasteiger partial charge in [0.25, 0.3) is 5.78 Å². The van der Waals surface area contributed by atoms with Crippen LogP contribution in [0.25, 0.3) is 0 Å². The number of carbonyl (C=O) groups is 1. The van der Waals surface area contributed by atoms with Gasteiger partial charge in [-0.1, -0.05) is 52.4 Å². The van der Waals surface area contributed by atoms with Crippen LogP contribution in [0.15, 0.2) is 12.1 Å². The monoisotopic (exact) mass is 346 g/mol. The third kappa shape index (κ3) is 5.42. The van der Waals surface area contributed by atoms with Gasteiger partial charge in [-0.05, 0) is 24.5 Å². The minimum absolute atomic E-state index is 0.0126. The molecule has 0 aliphatic carbocycles. The average molecular weight is 346 g/mol. The van der Waals surface area contributed by atoms with Gasteiger partial charge < -0.3 is 10.2 Å². The van der Waals surface area contributed by atoms with Gasteiger partial charge >= 0.3 is 6.18 Å². The van der Waals surface area contributed by atoms with Crippen LogP contribution in [0, 0.1) is 0 Å². The predicted octanol–water partition coefficient (Wildman–Crippen LogP) is 5.70. The van der Waals surface area contributed by atoms with Gasteiger partial charge in [0.1, 0.15) is 11.5 Å². The van der Waals surface area contributed by atoms with Crippen LogP contribution in [0.4, 0.5) is 13.2 Å². The van der Waals surface area contributed by atoms with E-state index in [9.17, 15) is 28.2 Å². The number of benzene rings is 1. The fraction of sp³-hybridized carbons (Fsp3) is 0.611. The molecule has 0 radical (unpaired) electrons. The van der Waals surface area contributed by atoms with E-state index in [1.165, 1.54) is 6.42 Å². The number of aromatic hydroxyl groups is 2. The van der Waals surface area contributed by atoms with Crippen LogP contribution < -0.4 is 0 Å². The molecule has 1 atom stereocenters. The third-order valence-electron chi connectivity index (χ3n) is 4.18. The summed E-state index contributed by atoms with van der Waals surface area (Å²) in [5.74, 6) is -3.49. The second kappa shape index (κ2) is 8.94. The normalized spacial score (nSPS) is 13.0. The molecule has 0 fully saturated rings. The first-order valence-corrected chi connectivity index (χ1v) is 8.36. The summed E-state index contributed by atoms with van der Waals surface area (Å²) in [6.45, 7) is 3.85. The Morgan fingerprint density at radius 2 is 1.67 bits per heavy atom. The molecule has 3 nitrogen and oxygen atoms in total. The molecule has 0 spiro atoms. The molecule has 0 aromatic heterocycles. The largest absolute Gasteiger partial charge is 0.508 e. The molecule has 6 heteroatoms. The Kier molecular flexibility index (Phi) is 7.58. The summed E-state index contributed by atoms with van der Waals surface area (Å²) in [4.78, 5) is 11.4. The standard InChI is InChI=1S/C18H25F3O3/c1-3-4-5-6-7-8-9-12(2)15-14(22)11-10-13(16(15)23)17(24)18(19,20)21/h10-12,22-23H,3-9H2,1-2H3. The molecule has 1 rings (SSSR count). The van der Waals surface area contributed by atoms with Crippen molar-refractivity contribution in [3.63, 3.8) is 0 Å². The third-order valence-corrected chi connectivity index (χ3v) is 4.18. The molecule has 0 saturated heterocycles. The maximum atomic E-state index is 12.6. The Balaban J connectivity index is 2.81. The van der Waals surface area contributed by atoms with Crippen molar-refractivity contribution in [2.45, 2.75) is 70.9 Å². The molecule has 0 aliphatic rings. The Labute approximate surface area is 140 Å². The number of halogens is 3. The summed E-state index contributed by atoms with van der Waals surface area (Å²) < 4.78 is 37.7. The maximum Gasteiger partial charge on any atom is 0.455 e. The van der Waals surface area contributed by atoms with Crippen molar-refractivity contribution in [3.05, 3.63) is 23.3 Å². The van der Waals surface area contributed by atoms with Crippen LogP contribution in [0.2, 0.25) is 0 Å². The summed E-state index contributed by atoms with van der Waals surface area (Å²) in [6, 6.07) is 1.84. The predicted molar refractivity (Wildman–Crippen MR) is 86.6 cm³/mol. The van der Waals surface area contributed by atoms with Gasteiger partial charge in [-0.25, -0.2) is 0 Å². The van der Waals surface area contributed by atoms with Gasteiger partial charge in [0.2, 0.25) is 0 Å². The van der Waals surface area contributed by atoms with Crippen molar-refractivity contribution < 1.29 is 28.2 Å². The second-order valence-corrected chi connectivity index (χ2v) is 6.18. The summed E-state index contributed by atoms with van der Waals surface area (Å²) in [6.07, 6.45) is 1.97. The second-order valence-electron chi connectivity index (χ2n) is 6.18. The SMILES string of the molecule is CCCCCCCCC(C)c1c(O)ccc(C(=O)C(F)(F)F)c1O. The van der Waals surface area contributed by atoms with Gasteiger partial charge in [0.15, 0.2) is 0 Å². The van der Waals surface area contributed by atoms with E-state index in [2.05, 4.69) is 6.92 Å².